The molecule has 1 aromatic carbocycles. The largest absolute Gasteiger partial charge is 0.352 e. The molecule has 0 aliphatic carbocycles. The van der Waals surface area contributed by atoms with Crippen molar-refractivity contribution < 1.29 is 4.79 Å². The Balaban J connectivity index is 1.52. The van der Waals surface area contributed by atoms with Gasteiger partial charge in [0.1, 0.15) is 0 Å². The quantitative estimate of drug-likeness (QED) is 0.537. The highest BCUT2D eigenvalue weighted by molar-refractivity contribution is 7.80. The third-order valence-corrected chi connectivity index (χ3v) is 6.37. The molecule has 148 valence electrons. The summed E-state index contributed by atoms with van der Waals surface area (Å²) in [5, 5.41) is 6.91. The number of aromatic nitrogens is 1. The maximum Gasteiger partial charge on any atom is 0.226 e. The maximum absolute atomic E-state index is 12.4. The first kappa shape index (κ1) is 19.8. The van der Waals surface area contributed by atoms with E-state index in [-0.39, 0.29) is 18.0 Å². The third kappa shape index (κ3) is 4.58. The van der Waals surface area contributed by atoms with Gasteiger partial charge in [-0.1, -0.05) is 35.9 Å². The van der Waals surface area contributed by atoms with Crippen molar-refractivity contribution in [3.8, 4) is 0 Å². The average Bonchev–Trinajstić information content (AvgIpc) is 3.30. The van der Waals surface area contributed by atoms with Gasteiger partial charge in [-0.05, 0) is 48.6 Å². The zero-order valence-corrected chi connectivity index (χ0v) is 17.8. The van der Waals surface area contributed by atoms with Crippen LogP contribution < -0.4 is 10.6 Å². The van der Waals surface area contributed by atoms with Crippen molar-refractivity contribution in [1.82, 2.24) is 15.2 Å². The van der Waals surface area contributed by atoms with Crippen molar-refractivity contribution in [2.75, 3.05) is 11.9 Å². The summed E-state index contributed by atoms with van der Waals surface area (Å²) in [5.41, 5.74) is 1.69. The molecule has 1 fully saturated rings. The Kier molecular flexibility index (Phi) is 6.08. The van der Waals surface area contributed by atoms with Gasteiger partial charge in [-0.15, -0.1) is 11.3 Å². The van der Waals surface area contributed by atoms with E-state index in [9.17, 15) is 4.79 Å². The number of hydrogen-bond donors (Lipinski definition) is 2. The van der Waals surface area contributed by atoms with E-state index >= 15 is 0 Å². The van der Waals surface area contributed by atoms with Crippen LogP contribution in [0.15, 0.2) is 66.9 Å². The van der Waals surface area contributed by atoms with Gasteiger partial charge in [0.15, 0.2) is 5.11 Å². The van der Waals surface area contributed by atoms with Crippen LogP contribution in [-0.4, -0.2) is 27.4 Å². The summed E-state index contributed by atoms with van der Waals surface area (Å²) in [6.07, 6.45) is 2.09. The molecule has 8 heteroatoms. The van der Waals surface area contributed by atoms with E-state index < -0.39 is 0 Å². The second-order valence-electron chi connectivity index (χ2n) is 6.63. The van der Waals surface area contributed by atoms with E-state index in [4.69, 9.17) is 23.8 Å². The van der Waals surface area contributed by atoms with Crippen molar-refractivity contribution in [1.29, 1.82) is 0 Å². The molecule has 0 spiro atoms. The first-order chi connectivity index (χ1) is 14.1. The van der Waals surface area contributed by atoms with Crippen LogP contribution in [0.4, 0.5) is 5.69 Å². The normalized spacial score (nSPS) is 18.5. The standard InChI is InChI=1S/C21H19ClN4OS2/c22-17-10-9-16(29-17)20-19(15-8-4-5-12-23-15)25-21(28)26(20)13-11-18(27)24-14-6-2-1-3-7-14/h1-10,12,19-20H,11,13H2,(H,24,27)(H,25,28)/t19-,20-/m1/s1. The first-order valence-electron chi connectivity index (χ1n) is 9.20. The highest BCUT2D eigenvalue weighted by Gasteiger charge is 2.40. The predicted molar refractivity (Wildman–Crippen MR) is 121 cm³/mol. The Morgan fingerprint density at radius 2 is 1.97 bits per heavy atom. The van der Waals surface area contributed by atoms with E-state index in [0.29, 0.717) is 18.1 Å². The molecule has 1 saturated heterocycles. The fourth-order valence-electron chi connectivity index (χ4n) is 3.41. The van der Waals surface area contributed by atoms with Crippen LogP contribution in [0.25, 0.3) is 0 Å². The molecule has 4 rings (SSSR count). The van der Waals surface area contributed by atoms with Gasteiger partial charge in [-0.2, -0.15) is 0 Å². The van der Waals surface area contributed by atoms with Crippen LogP contribution in [0, 0.1) is 0 Å². The van der Waals surface area contributed by atoms with E-state index in [2.05, 4.69) is 20.5 Å². The lowest BCUT2D eigenvalue weighted by Crippen LogP contribution is -2.32. The zero-order chi connectivity index (χ0) is 20.2. The molecule has 1 aliphatic heterocycles. The smallest absolute Gasteiger partial charge is 0.226 e. The molecule has 0 unspecified atom stereocenters. The fraction of sp³-hybridized carbons (Fsp3) is 0.190. The predicted octanol–water partition coefficient (Wildman–Crippen LogP) is 4.80. The Morgan fingerprint density at radius 1 is 1.17 bits per heavy atom. The topological polar surface area (TPSA) is 57.3 Å². The lowest BCUT2D eigenvalue weighted by Gasteiger charge is -2.26. The Hall–Kier alpha value is -2.48. The van der Waals surface area contributed by atoms with Gasteiger partial charge in [0, 0.05) is 29.7 Å². The minimum absolute atomic E-state index is 0.0525. The number of halogens is 1. The number of anilines is 1. The van der Waals surface area contributed by atoms with Crippen LogP contribution in [0.1, 0.15) is 29.1 Å². The first-order valence-corrected chi connectivity index (χ1v) is 10.8. The molecular formula is C21H19ClN4OS2. The number of rotatable bonds is 6. The Morgan fingerprint density at radius 3 is 2.66 bits per heavy atom. The van der Waals surface area contributed by atoms with Crippen molar-refractivity contribution >= 4 is 51.9 Å². The average molecular weight is 443 g/mol. The van der Waals surface area contributed by atoms with Crippen LogP contribution in [0.5, 0.6) is 0 Å². The van der Waals surface area contributed by atoms with Crippen LogP contribution in [0.3, 0.4) is 0 Å². The molecule has 1 aliphatic rings. The van der Waals surface area contributed by atoms with E-state index in [1.807, 2.05) is 60.7 Å². The molecule has 2 atom stereocenters. The molecule has 3 heterocycles. The van der Waals surface area contributed by atoms with Crippen LogP contribution >= 0.6 is 35.2 Å². The second kappa shape index (κ2) is 8.90. The summed E-state index contributed by atoms with van der Waals surface area (Å²) in [4.78, 5) is 20.1. The molecule has 0 radical (unpaired) electrons. The molecule has 1 amide bonds. The summed E-state index contributed by atoms with van der Waals surface area (Å²) in [6.45, 7) is 0.494. The van der Waals surface area contributed by atoms with Gasteiger partial charge < -0.3 is 15.5 Å². The maximum atomic E-state index is 12.4. The van der Waals surface area contributed by atoms with E-state index in [1.165, 1.54) is 11.3 Å². The number of thiophene rings is 1. The number of thiocarbonyl (C=S) groups is 1. The molecule has 0 bridgehead atoms. The number of benzene rings is 1. The van der Waals surface area contributed by atoms with Crippen molar-refractivity contribution in [2.24, 2.45) is 0 Å². The number of hydrogen-bond acceptors (Lipinski definition) is 4. The van der Waals surface area contributed by atoms with Crippen molar-refractivity contribution in [3.63, 3.8) is 0 Å². The lowest BCUT2D eigenvalue weighted by molar-refractivity contribution is -0.116. The monoisotopic (exact) mass is 442 g/mol. The number of pyridine rings is 1. The molecule has 5 nitrogen and oxygen atoms in total. The van der Waals surface area contributed by atoms with E-state index in [0.717, 1.165) is 20.6 Å². The summed E-state index contributed by atoms with van der Waals surface area (Å²) >= 11 is 13.3. The highest BCUT2D eigenvalue weighted by Crippen LogP contribution is 2.42. The van der Waals surface area contributed by atoms with E-state index in [1.54, 1.807) is 6.20 Å². The van der Waals surface area contributed by atoms with Gasteiger partial charge in [-0.3, -0.25) is 9.78 Å². The number of carbonyl (C=O) groups excluding carboxylic acids is 1. The number of para-hydroxylation sites is 1. The highest BCUT2D eigenvalue weighted by atomic mass is 35.5. The molecule has 0 saturated carbocycles. The number of carbonyl (C=O) groups is 1. The van der Waals surface area contributed by atoms with Gasteiger partial charge in [0.05, 0.1) is 22.1 Å². The van der Waals surface area contributed by atoms with Gasteiger partial charge in [-0.25, -0.2) is 0 Å². The Labute approximate surface area is 183 Å². The fourth-order valence-corrected chi connectivity index (χ4v) is 4.95. The molecular weight excluding hydrogens is 424 g/mol. The molecule has 2 N–H and O–H groups in total. The minimum Gasteiger partial charge on any atom is -0.352 e. The number of amides is 1. The number of nitrogens with one attached hydrogen (secondary N) is 2. The minimum atomic E-state index is -0.101. The summed E-state index contributed by atoms with van der Waals surface area (Å²) in [5.74, 6) is -0.0525. The lowest BCUT2D eigenvalue weighted by atomic mass is 10.0. The number of nitrogens with zero attached hydrogens (tertiary/aromatic N) is 2. The van der Waals surface area contributed by atoms with Crippen LogP contribution in [0.2, 0.25) is 4.34 Å². The van der Waals surface area contributed by atoms with Crippen molar-refractivity contribution in [2.45, 2.75) is 18.5 Å². The van der Waals surface area contributed by atoms with Gasteiger partial charge >= 0.3 is 0 Å². The zero-order valence-electron chi connectivity index (χ0n) is 15.4. The Bertz CT molecular complexity index is 996. The summed E-state index contributed by atoms with van der Waals surface area (Å²) < 4.78 is 0.722. The van der Waals surface area contributed by atoms with Gasteiger partial charge in [0.25, 0.3) is 0 Å². The second-order valence-corrected chi connectivity index (χ2v) is 8.76. The molecule has 2 aromatic heterocycles. The summed E-state index contributed by atoms with van der Waals surface area (Å²) in [6, 6.07) is 19.0. The SMILES string of the molecule is O=C(CCN1C(=S)N[C@H](c2ccccn2)[C@H]1c1ccc(Cl)s1)Nc1ccccc1. The van der Waals surface area contributed by atoms with Crippen LogP contribution in [-0.2, 0) is 4.79 Å². The molecule has 29 heavy (non-hydrogen) atoms. The summed E-state index contributed by atoms with van der Waals surface area (Å²) in [7, 11) is 0. The third-order valence-electron chi connectivity index (χ3n) is 4.72. The van der Waals surface area contributed by atoms with Gasteiger partial charge in [0.2, 0.25) is 5.91 Å². The molecule has 3 aromatic rings. The van der Waals surface area contributed by atoms with Crippen molar-refractivity contribution in [3.05, 3.63) is 81.8 Å².